The first kappa shape index (κ1) is 18.9. The van der Waals surface area contributed by atoms with Gasteiger partial charge in [0.2, 0.25) is 5.91 Å². The number of thiophene rings is 1. The van der Waals surface area contributed by atoms with E-state index in [1.807, 2.05) is 13.8 Å². The van der Waals surface area contributed by atoms with Crippen molar-refractivity contribution in [3.8, 4) is 6.07 Å². The molecule has 0 unspecified atom stereocenters. The number of anilines is 1. The summed E-state index contributed by atoms with van der Waals surface area (Å²) in [5.74, 6) is 0.592. The van der Waals surface area contributed by atoms with Gasteiger partial charge in [-0.05, 0) is 32.3 Å². The van der Waals surface area contributed by atoms with Crippen LogP contribution < -0.4 is 5.73 Å². The molecule has 26 heavy (non-hydrogen) atoms. The van der Waals surface area contributed by atoms with Gasteiger partial charge >= 0.3 is 0 Å². The number of aromatic nitrogens is 2. The number of fused-ring (bicyclic) bond motifs is 1. The van der Waals surface area contributed by atoms with Crippen LogP contribution in [0.1, 0.15) is 42.5 Å². The van der Waals surface area contributed by atoms with Crippen LogP contribution in [0.2, 0.25) is 0 Å². The van der Waals surface area contributed by atoms with Crippen molar-refractivity contribution in [2.75, 3.05) is 18.5 Å². The van der Waals surface area contributed by atoms with E-state index in [9.17, 15) is 10.1 Å². The molecule has 0 aliphatic heterocycles. The third kappa shape index (κ3) is 3.38. The quantitative estimate of drug-likeness (QED) is 0.633. The Labute approximate surface area is 161 Å². The second-order valence-electron chi connectivity index (χ2n) is 6.80. The van der Waals surface area contributed by atoms with Gasteiger partial charge in [-0.1, -0.05) is 31.0 Å². The zero-order valence-electron chi connectivity index (χ0n) is 15.3. The lowest BCUT2D eigenvalue weighted by Gasteiger charge is -2.39. The Hall–Kier alpha value is -1.85. The minimum atomic E-state index is -0.665. The fourth-order valence-electron chi connectivity index (χ4n) is 3.45. The molecule has 2 N–H and O–H groups in total. The van der Waals surface area contributed by atoms with Gasteiger partial charge in [0.05, 0.1) is 17.2 Å². The van der Waals surface area contributed by atoms with Gasteiger partial charge in [0.1, 0.15) is 16.2 Å². The van der Waals surface area contributed by atoms with E-state index in [4.69, 9.17) is 5.73 Å². The molecular weight excluding hydrogens is 366 g/mol. The van der Waals surface area contributed by atoms with Gasteiger partial charge in [0.25, 0.3) is 0 Å². The molecule has 2 heterocycles. The molecular formula is C18H23N5OS2. The summed E-state index contributed by atoms with van der Waals surface area (Å²) in [5, 5.41) is 11.1. The van der Waals surface area contributed by atoms with Gasteiger partial charge < -0.3 is 10.6 Å². The monoisotopic (exact) mass is 389 g/mol. The smallest absolute Gasteiger partial charge is 0.234 e. The van der Waals surface area contributed by atoms with Gasteiger partial charge in [0.15, 0.2) is 5.16 Å². The lowest BCUT2D eigenvalue weighted by atomic mass is 9.81. The number of nitrogen functional groups attached to an aromatic ring is 1. The highest BCUT2D eigenvalue weighted by atomic mass is 32.2. The number of carbonyl (C=O) groups excluding carboxylic acids is 1. The molecule has 1 aliphatic carbocycles. The minimum Gasteiger partial charge on any atom is -0.383 e. The Morgan fingerprint density at radius 1 is 1.35 bits per heavy atom. The van der Waals surface area contributed by atoms with E-state index in [1.165, 1.54) is 16.6 Å². The number of amides is 1. The molecule has 0 bridgehead atoms. The summed E-state index contributed by atoms with van der Waals surface area (Å²) in [4.78, 5) is 25.2. The number of thioether (sulfide) groups is 1. The van der Waals surface area contributed by atoms with Crippen LogP contribution in [0.3, 0.4) is 0 Å². The van der Waals surface area contributed by atoms with Crippen LogP contribution in [-0.4, -0.2) is 39.1 Å². The molecule has 6 nitrogen and oxygen atoms in total. The molecule has 8 heteroatoms. The summed E-state index contributed by atoms with van der Waals surface area (Å²) < 4.78 is 0. The van der Waals surface area contributed by atoms with Crippen LogP contribution in [-0.2, 0) is 4.79 Å². The number of nitrogens with two attached hydrogens (primary N) is 1. The molecule has 1 amide bonds. The maximum absolute atomic E-state index is 12.7. The summed E-state index contributed by atoms with van der Waals surface area (Å²) in [6.45, 7) is 4.06. The van der Waals surface area contributed by atoms with E-state index < -0.39 is 5.54 Å². The molecule has 138 valence electrons. The van der Waals surface area contributed by atoms with Crippen LogP contribution in [0, 0.1) is 25.2 Å². The average molecular weight is 390 g/mol. The molecule has 3 rings (SSSR count). The summed E-state index contributed by atoms with van der Waals surface area (Å²) in [6.07, 6.45) is 4.61. The number of nitrogens with zero attached hydrogens (tertiary/aromatic N) is 4. The van der Waals surface area contributed by atoms with Crippen molar-refractivity contribution >= 4 is 45.0 Å². The number of carbonyl (C=O) groups is 1. The highest BCUT2D eigenvalue weighted by Gasteiger charge is 2.38. The first-order valence-electron chi connectivity index (χ1n) is 8.72. The number of nitriles is 1. The van der Waals surface area contributed by atoms with Gasteiger partial charge in [-0.15, -0.1) is 11.3 Å². The van der Waals surface area contributed by atoms with Crippen LogP contribution in [0.5, 0.6) is 0 Å². The SMILES string of the molecule is Cc1sc2nc(SCC(=O)N(C)C3(C#N)CCCCC3)nc(N)c2c1C. The Kier molecular flexibility index (Phi) is 5.39. The van der Waals surface area contributed by atoms with E-state index in [-0.39, 0.29) is 11.7 Å². The lowest BCUT2D eigenvalue weighted by Crippen LogP contribution is -2.50. The summed E-state index contributed by atoms with van der Waals surface area (Å²) in [5.41, 5.74) is 6.55. The van der Waals surface area contributed by atoms with E-state index in [0.717, 1.165) is 47.9 Å². The van der Waals surface area contributed by atoms with E-state index in [0.29, 0.717) is 11.0 Å². The molecule has 1 aliphatic rings. The topological polar surface area (TPSA) is 95.9 Å². The minimum absolute atomic E-state index is 0.0701. The van der Waals surface area contributed by atoms with E-state index in [1.54, 1.807) is 23.3 Å². The first-order chi connectivity index (χ1) is 12.4. The fourth-order valence-corrected chi connectivity index (χ4v) is 5.31. The van der Waals surface area contributed by atoms with Crippen molar-refractivity contribution in [3.63, 3.8) is 0 Å². The molecule has 0 saturated heterocycles. The van der Waals surface area contributed by atoms with Crippen LogP contribution in [0.25, 0.3) is 10.2 Å². The summed E-state index contributed by atoms with van der Waals surface area (Å²) >= 11 is 2.87. The van der Waals surface area contributed by atoms with Crippen molar-refractivity contribution in [2.24, 2.45) is 0 Å². The molecule has 0 aromatic carbocycles. The van der Waals surface area contributed by atoms with Gasteiger partial charge in [-0.2, -0.15) is 5.26 Å². The number of hydrogen-bond acceptors (Lipinski definition) is 7. The Balaban J connectivity index is 1.73. The summed E-state index contributed by atoms with van der Waals surface area (Å²) in [7, 11) is 1.74. The molecule has 2 aromatic heterocycles. The molecule has 2 aromatic rings. The highest BCUT2D eigenvalue weighted by Crippen LogP contribution is 2.35. The van der Waals surface area contributed by atoms with Crippen LogP contribution >= 0.6 is 23.1 Å². The maximum atomic E-state index is 12.7. The molecule has 1 fully saturated rings. The number of rotatable bonds is 4. The zero-order valence-corrected chi connectivity index (χ0v) is 17.0. The third-order valence-electron chi connectivity index (χ3n) is 5.27. The van der Waals surface area contributed by atoms with Crippen molar-refractivity contribution in [3.05, 3.63) is 10.4 Å². The second-order valence-corrected chi connectivity index (χ2v) is 8.95. The van der Waals surface area contributed by atoms with E-state index in [2.05, 4.69) is 16.0 Å². The van der Waals surface area contributed by atoms with Crippen molar-refractivity contribution in [2.45, 2.75) is 56.6 Å². The highest BCUT2D eigenvalue weighted by molar-refractivity contribution is 7.99. The predicted molar refractivity (Wildman–Crippen MR) is 106 cm³/mol. The van der Waals surface area contributed by atoms with Crippen molar-refractivity contribution in [1.82, 2.24) is 14.9 Å². The maximum Gasteiger partial charge on any atom is 0.234 e. The predicted octanol–water partition coefficient (Wildman–Crippen LogP) is 3.67. The molecule has 0 radical (unpaired) electrons. The first-order valence-corrected chi connectivity index (χ1v) is 10.5. The molecule has 0 atom stereocenters. The van der Waals surface area contributed by atoms with E-state index >= 15 is 0 Å². The Morgan fingerprint density at radius 3 is 2.69 bits per heavy atom. The van der Waals surface area contributed by atoms with Gasteiger partial charge in [-0.3, -0.25) is 4.79 Å². The Morgan fingerprint density at radius 2 is 2.04 bits per heavy atom. The number of aryl methyl sites for hydroxylation is 2. The van der Waals surface area contributed by atoms with Crippen molar-refractivity contribution in [1.29, 1.82) is 5.26 Å². The largest absolute Gasteiger partial charge is 0.383 e. The van der Waals surface area contributed by atoms with Gasteiger partial charge in [-0.25, -0.2) is 9.97 Å². The third-order valence-corrected chi connectivity index (χ3v) is 7.20. The standard InChI is InChI=1S/C18H23N5OS2/c1-11-12(2)26-16-14(11)15(20)21-17(22-16)25-9-13(24)23(3)18(10-19)7-5-4-6-8-18/h4-9H2,1-3H3,(H2,20,21,22). The normalized spacial score (nSPS) is 16.4. The van der Waals surface area contributed by atoms with Gasteiger partial charge in [0, 0.05) is 11.9 Å². The van der Waals surface area contributed by atoms with Crippen LogP contribution in [0.15, 0.2) is 5.16 Å². The second kappa shape index (κ2) is 7.41. The fraction of sp³-hybridized carbons (Fsp3) is 0.556. The lowest BCUT2D eigenvalue weighted by molar-refractivity contribution is -0.131. The number of hydrogen-bond donors (Lipinski definition) is 1. The van der Waals surface area contributed by atoms with Crippen molar-refractivity contribution < 1.29 is 4.79 Å². The molecule has 1 saturated carbocycles. The van der Waals surface area contributed by atoms with Crippen LogP contribution in [0.4, 0.5) is 5.82 Å². The Bertz CT molecular complexity index is 880. The molecule has 0 spiro atoms. The summed E-state index contributed by atoms with van der Waals surface area (Å²) in [6, 6.07) is 2.38. The zero-order chi connectivity index (χ0) is 18.9. The average Bonchev–Trinajstić information content (AvgIpc) is 2.94.